The van der Waals surface area contributed by atoms with Gasteiger partial charge in [-0.2, -0.15) is 0 Å². The van der Waals surface area contributed by atoms with Crippen LogP contribution in [0.1, 0.15) is 16.7 Å². The Hall–Kier alpha value is -3.84. The summed E-state index contributed by atoms with van der Waals surface area (Å²) in [5, 5.41) is 7.21. The zero-order valence-electron chi connectivity index (χ0n) is 22.5. The Kier molecular flexibility index (Phi) is 9.16. The van der Waals surface area contributed by atoms with Crippen molar-refractivity contribution in [2.75, 3.05) is 64.1 Å². The van der Waals surface area contributed by atoms with Gasteiger partial charge >= 0.3 is 0 Å². The number of aliphatic imine (C=N–C) groups is 1. The molecule has 0 unspecified atom stereocenters. The summed E-state index contributed by atoms with van der Waals surface area (Å²) in [6.45, 7) is 6.54. The van der Waals surface area contributed by atoms with Crippen LogP contribution < -0.4 is 15.5 Å². The van der Waals surface area contributed by atoms with Crippen molar-refractivity contribution in [3.63, 3.8) is 0 Å². The van der Waals surface area contributed by atoms with Crippen LogP contribution in [0, 0.1) is 6.92 Å². The minimum absolute atomic E-state index is 0.810. The van der Waals surface area contributed by atoms with Crippen LogP contribution in [0.25, 0.3) is 0 Å². The molecule has 1 aliphatic rings. The molecule has 7 heteroatoms. The van der Waals surface area contributed by atoms with Crippen molar-refractivity contribution in [3.05, 3.63) is 102 Å². The van der Waals surface area contributed by atoms with E-state index in [2.05, 4.69) is 117 Å². The van der Waals surface area contributed by atoms with Crippen molar-refractivity contribution in [3.8, 4) is 0 Å². The lowest BCUT2D eigenvalue weighted by Gasteiger charge is -2.37. The van der Waals surface area contributed by atoms with Gasteiger partial charge in [-0.3, -0.25) is 4.99 Å². The highest BCUT2D eigenvalue weighted by Gasteiger charge is 2.21. The molecule has 0 spiro atoms. The van der Waals surface area contributed by atoms with Crippen molar-refractivity contribution < 1.29 is 0 Å². The number of rotatable bonds is 8. The molecule has 1 saturated heterocycles. The van der Waals surface area contributed by atoms with Gasteiger partial charge in [-0.1, -0.05) is 48.5 Å². The predicted octanol–water partition coefficient (Wildman–Crippen LogP) is 4.19. The van der Waals surface area contributed by atoms with E-state index >= 15 is 0 Å². The molecule has 1 aromatic heterocycles. The number of aryl methyl sites for hydroxylation is 1. The second-order valence-corrected chi connectivity index (χ2v) is 9.65. The number of hydrogen-bond acceptors (Lipinski definition) is 5. The SMILES string of the molecule is CN=C(N/C(=C\CN(C)C)Nc1ccc(Cc2ccccc2)cc1C)N1CCN(c2ccccn2)CC1. The largest absolute Gasteiger partial charge is 0.353 e. The molecule has 4 rings (SSSR count). The molecule has 3 aromatic rings. The average Bonchev–Trinajstić information content (AvgIpc) is 2.92. The zero-order chi connectivity index (χ0) is 26.0. The van der Waals surface area contributed by atoms with Gasteiger partial charge in [0.25, 0.3) is 0 Å². The molecule has 2 heterocycles. The molecule has 0 aliphatic carbocycles. The lowest BCUT2D eigenvalue weighted by atomic mass is 10.0. The first-order valence-electron chi connectivity index (χ1n) is 12.9. The Morgan fingerprint density at radius 3 is 2.38 bits per heavy atom. The lowest BCUT2D eigenvalue weighted by molar-refractivity contribution is 0.374. The topological polar surface area (TPSA) is 59.0 Å². The minimum Gasteiger partial charge on any atom is -0.353 e. The first-order chi connectivity index (χ1) is 18.0. The van der Waals surface area contributed by atoms with Gasteiger partial charge in [-0.25, -0.2) is 4.98 Å². The van der Waals surface area contributed by atoms with Crippen LogP contribution in [0.5, 0.6) is 0 Å². The molecule has 7 nitrogen and oxygen atoms in total. The maximum atomic E-state index is 4.60. The molecule has 0 amide bonds. The van der Waals surface area contributed by atoms with Crippen LogP contribution in [0.4, 0.5) is 11.5 Å². The third-order valence-electron chi connectivity index (χ3n) is 6.48. The van der Waals surface area contributed by atoms with Gasteiger partial charge in [0, 0.05) is 51.7 Å². The number of guanidine groups is 1. The van der Waals surface area contributed by atoms with Crippen LogP contribution in [-0.2, 0) is 6.42 Å². The fraction of sp³-hybridized carbons (Fsp3) is 0.333. The van der Waals surface area contributed by atoms with Crippen LogP contribution in [0.2, 0.25) is 0 Å². The Bertz CT molecular complexity index is 1180. The van der Waals surface area contributed by atoms with Gasteiger partial charge in [-0.05, 0) is 68.4 Å². The summed E-state index contributed by atoms with van der Waals surface area (Å²) >= 11 is 0. The van der Waals surface area contributed by atoms with Crippen molar-refractivity contribution in [2.45, 2.75) is 13.3 Å². The van der Waals surface area contributed by atoms with E-state index in [1.165, 1.54) is 16.7 Å². The molecular weight excluding hydrogens is 458 g/mol. The Morgan fingerprint density at radius 1 is 0.973 bits per heavy atom. The summed E-state index contributed by atoms with van der Waals surface area (Å²) in [7, 11) is 5.99. The summed E-state index contributed by atoms with van der Waals surface area (Å²) in [5.41, 5.74) is 4.93. The molecule has 37 heavy (non-hydrogen) atoms. The smallest absolute Gasteiger partial charge is 0.199 e. The van der Waals surface area contributed by atoms with E-state index in [4.69, 9.17) is 0 Å². The molecule has 2 aromatic carbocycles. The van der Waals surface area contributed by atoms with Crippen LogP contribution in [0.15, 0.2) is 89.8 Å². The average molecular weight is 498 g/mol. The number of pyridine rings is 1. The fourth-order valence-corrected chi connectivity index (χ4v) is 4.44. The van der Waals surface area contributed by atoms with E-state index in [0.717, 1.165) is 62.4 Å². The molecule has 0 bridgehead atoms. The first-order valence-corrected chi connectivity index (χ1v) is 12.9. The Balaban J connectivity index is 1.42. The molecular formula is C30H39N7. The maximum Gasteiger partial charge on any atom is 0.199 e. The number of piperazine rings is 1. The standard InChI is InChI=1S/C30H39N7/c1-24-22-26(23-25-10-6-5-7-11-25)13-14-27(24)33-28(15-17-35(3)4)34-30(31-2)37-20-18-36(19-21-37)29-12-8-9-16-32-29/h5-16,22,33H,17-21,23H2,1-4H3,(H,31,34)/b28-15-. The zero-order valence-corrected chi connectivity index (χ0v) is 22.5. The van der Waals surface area contributed by atoms with Crippen LogP contribution >= 0.6 is 0 Å². The number of benzene rings is 2. The molecule has 194 valence electrons. The molecule has 0 radical (unpaired) electrons. The maximum absolute atomic E-state index is 4.60. The van der Waals surface area contributed by atoms with E-state index in [1.54, 1.807) is 0 Å². The number of nitrogens with zero attached hydrogens (tertiary/aromatic N) is 5. The normalized spacial score (nSPS) is 14.7. The summed E-state index contributed by atoms with van der Waals surface area (Å²) in [5.74, 6) is 2.83. The number of hydrogen-bond donors (Lipinski definition) is 2. The summed E-state index contributed by atoms with van der Waals surface area (Å²) in [6.07, 6.45) is 4.96. The Labute approximate surface area is 221 Å². The van der Waals surface area contributed by atoms with E-state index in [0.29, 0.717) is 0 Å². The fourth-order valence-electron chi connectivity index (χ4n) is 4.44. The molecule has 1 aliphatic heterocycles. The van der Waals surface area contributed by atoms with Gasteiger partial charge in [0.2, 0.25) is 0 Å². The van der Waals surface area contributed by atoms with Gasteiger partial charge in [-0.15, -0.1) is 0 Å². The van der Waals surface area contributed by atoms with E-state index in [9.17, 15) is 0 Å². The minimum atomic E-state index is 0.810. The van der Waals surface area contributed by atoms with Crippen LogP contribution in [-0.4, -0.2) is 74.6 Å². The Morgan fingerprint density at radius 2 is 1.73 bits per heavy atom. The number of likely N-dealkylation sites (N-methyl/N-ethyl adjacent to an activating group) is 1. The number of nitrogens with one attached hydrogen (secondary N) is 2. The van der Waals surface area contributed by atoms with Crippen LogP contribution in [0.3, 0.4) is 0 Å². The number of aromatic nitrogens is 1. The van der Waals surface area contributed by atoms with Gasteiger partial charge in [0.1, 0.15) is 11.6 Å². The second-order valence-electron chi connectivity index (χ2n) is 9.65. The van der Waals surface area contributed by atoms with E-state index in [-0.39, 0.29) is 0 Å². The molecule has 0 atom stereocenters. The summed E-state index contributed by atoms with van der Waals surface area (Å²) in [4.78, 5) is 15.9. The second kappa shape index (κ2) is 12.9. The molecule has 1 fully saturated rings. The summed E-state index contributed by atoms with van der Waals surface area (Å²) < 4.78 is 0. The predicted molar refractivity (Wildman–Crippen MR) is 155 cm³/mol. The number of anilines is 2. The first kappa shape index (κ1) is 26.2. The third-order valence-corrected chi connectivity index (χ3v) is 6.48. The quantitative estimate of drug-likeness (QED) is 0.360. The van der Waals surface area contributed by atoms with Crippen molar-refractivity contribution >= 4 is 17.5 Å². The van der Waals surface area contributed by atoms with Gasteiger partial charge < -0.3 is 25.3 Å². The molecule has 0 saturated carbocycles. The van der Waals surface area contributed by atoms with E-state index < -0.39 is 0 Å². The summed E-state index contributed by atoms with van der Waals surface area (Å²) in [6, 6.07) is 23.3. The van der Waals surface area contributed by atoms with Crippen molar-refractivity contribution in [2.24, 2.45) is 4.99 Å². The lowest BCUT2D eigenvalue weighted by Crippen LogP contribution is -2.53. The van der Waals surface area contributed by atoms with Gasteiger partial charge in [0.05, 0.1) is 0 Å². The third kappa shape index (κ3) is 7.57. The molecule has 2 N–H and O–H groups in total. The highest BCUT2D eigenvalue weighted by Crippen LogP contribution is 2.20. The van der Waals surface area contributed by atoms with Crippen molar-refractivity contribution in [1.29, 1.82) is 0 Å². The highest BCUT2D eigenvalue weighted by atomic mass is 15.4. The van der Waals surface area contributed by atoms with Crippen molar-refractivity contribution in [1.82, 2.24) is 20.1 Å². The monoisotopic (exact) mass is 497 g/mol. The van der Waals surface area contributed by atoms with E-state index in [1.807, 2.05) is 25.4 Å². The highest BCUT2D eigenvalue weighted by molar-refractivity contribution is 5.82. The van der Waals surface area contributed by atoms with Gasteiger partial charge in [0.15, 0.2) is 5.96 Å².